The van der Waals surface area contributed by atoms with Gasteiger partial charge in [0.15, 0.2) is 11.5 Å². The zero-order chi connectivity index (χ0) is 18.4. The number of anilines is 1. The Morgan fingerprint density at radius 1 is 1.04 bits per heavy atom. The molecule has 2 rings (SSSR count). The number of carbonyl (C=O) groups is 1. The summed E-state index contributed by atoms with van der Waals surface area (Å²) < 4.78 is 21.9. The highest BCUT2D eigenvalue weighted by atomic mass is 79.9. The first-order chi connectivity index (χ1) is 12.0. The number of carbonyl (C=O) groups excluding carboxylic acids is 1. The fourth-order valence-electron chi connectivity index (χ4n) is 2.26. The zero-order valence-corrected chi connectivity index (χ0v) is 16.1. The Kier molecular flexibility index (Phi) is 6.52. The molecule has 0 aromatic heterocycles. The molecule has 1 N–H and O–H groups in total. The van der Waals surface area contributed by atoms with Gasteiger partial charge in [0.25, 0.3) is 5.91 Å². The quantitative estimate of drug-likeness (QED) is 0.744. The molecule has 0 spiro atoms. The molecule has 0 bridgehead atoms. The molecule has 6 nitrogen and oxygen atoms in total. The van der Waals surface area contributed by atoms with E-state index in [4.69, 9.17) is 18.9 Å². The maximum absolute atomic E-state index is 12.6. The summed E-state index contributed by atoms with van der Waals surface area (Å²) in [6.07, 6.45) is 0. The molecule has 0 atom stereocenters. The zero-order valence-electron chi connectivity index (χ0n) is 14.5. The van der Waals surface area contributed by atoms with Gasteiger partial charge in [0.05, 0.1) is 38.1 Å². The normalized spacial score (nSPS) is 10.1. The molecule has 0 heterocycles. The Morgan fingerprint density at radius 2 is 1.80 bits per heavy atom. The number of hydrogen-bond acceptors (Lipinski definition) is 5. The summed E-state index contributed by atoms with van der Waals surface area (Å²) in [4.78, 5) is 12.6. The molecule has 7 heteroatoms. The third-order valence-corrected chi connectivity index (χ3v) is 4.02. The molecule has 2 aromatic rings. The number of nitrogens with one attached hydrogen (secondary N) is 1. The Morgan fingerprint density at radius 3 is 2.40 bits per heavy atom. The molecule has 0 saturated carbocycles. The summed E-state index contributed by atoms with van der Waals surface area (Å²) in [6, 6.07) is 8.47. The number of benzene rings is 2. The van der Waals surface area contributed by atoms with Crippen molar-refractivity contribution in [3.05, 3.63) is 40.4 Å². The van der Waals surface area contributed by atoms with Gasteiger partial charge in [0.2, 0.25) is 0 Å². The van der Waals surface area contributed by atoms with E-state index in [9.17, 15) is 4.79 Å². The highest BCUT2D eigenvalue weighted by Gasteiger charge is 2.17. The van der Waals surface area contributed by atoms with Crippen molar-refractivity contribution < 1.29 is 23.7 Å². The van der Waals surface area contributed by atoms with Crippen LogP contribution in [0.4, 0.5) is 5.69 Å². The lowest BCUT2D eigenvalue weighted by molar-refractivity contribution is 0.102. The maximum atomic E-state index is 12.6. The Bertz CT molecular complexity index is 763. The number of ether oxygens (including phenoxy) is 4. The summed E-state index contributed by atoms with van der Waals surface area (Å²) in [7, 11) is 4.64. The molecule has 0 unspecified atom stereocenters. The molecular formula is C18H20BrNO5. The van der Waals surface area contributed by atoms with Crippen LogP contribution < -0.4 is 24.3 Å². The van der Waals surface area contributed by atoms with E-state index in [2.05, 4.69) is 21.2 Å². The summed E-state index contributed by atoms with van der Waals surface area (Å²) in [5.41, 5.74) is 0.965. The van der Waals surface area contributed by atoms with Gasteiger partial charge in [0.1, 0.15) is 11.5 Å². The molecule has 1 amide bonds. The second-order valence-corrected chi connectivity index (χ2v) is 5.80. The van der Waals surface area contributed by atoms with E-state index in [0.717, 1.165) is 0 Å². The van der Waals surface area contributed by atoms with Crippen LogP contribution in [-0.4, -0.2) is 33.8 Å². The number of rotatable bonds is 7. The minimum Gasteiger partial charge on any atom is -0.497 e. The molecular weight excluding hydrogens is 390 g/mol. The third-order valence-electron chi connectivity index (χ3n) is 3.43. The van der Waals surface area contributed by atoms with E-state index in [1.165, 1.54) is 7.11 Å². The summed E-state index contributed by atoms with van der Waals surface area (Å²) in [5, 5.41) is 2.83. The maximum Gasteiger partial charge on any atom is 0.255 e. The van der Waals surface area contributed by atoms with Crippen LogP contribution in [0.3, 0.4) is 0 Å². The van der Waals surface area contributed by atoms with Crippen molar-refractivity contribution in [2.75, 3.05) is 33.3 Å². The molecule has 0 aliphatic rings. The topological polar surface area (TPSA) is 66.0 Å². The van der Waals surface area contributed by atoms with Crippen LogP contribution in [0.15, 0.2) is 34.8 Å². The van der Waals surface area contributed by atoms with Gasteiger partial charge < -0.3 is 24.3 Å². The number of halogens is 1. The van der Waals surface area contributed by atoms with Crippen molar-refractivity contribution in [3.63, 3.8) is 0 Å². The predicted molar refractivity (Wildman–Crippen MR) is 99.4 cm³/mol. The highest BCUT2D eigenvalue weighted by Crippen LogP contribution is 2.37. The lowest BCUT2D eigenvalue weighted by Gasteiger charge is -2.14. The molecule has 0 saturated heterocycles. The van der Waals surface area contributed by atoms with Gasteiger partial charge in [0, 0.05) is 11.6 Å². The predicted octanol–water partition coefficient (Wildman–Crippen LogP) is 4.13. The molecule has 134 valence electrons. The van der Waals surface area contributed by atoms with Gasteiger partial charge in [-0.05, 0) is 47.1 Å². The Hall–Kier alpha value is -2.41. The van der Waals surface area contributed by atoms with Crippen LogP contribution in [0.1, 0.15) is 17.3 Å². The SMILES string of the molecule is CCOc1cc(C(=O)Nc2ccc(OC)cc2OC)cc(Br)c1OC. The Labute approximate surface area is 155 Å². The largest absolute Gasteiger partial charge is 0.497 e. The number of methoxy groups -OCH3 is 3. The smallest absolute Gasteiger partial charge is 0.255 e. The third kappa shape index (κ3) is 4.36. The van der Waals surface area contributed by atoms with Crippen LogP contribution in [0.2, 0.25) is 0 Å². The van der Waals surface area contributed by atoms with Crippen LogP contribution in [0, 0.1) is 0 Å². The lowest BCUT2D eigenvalue weighted by atomic mass is 10.1. The fourth-order valence-corrected chi connectivity index (χ4v) is 2.86. The molecule has 0 radical (unpaired) electrons. The van der Waals surface area contributed by atoms with Crippen LogP contribution >= 0.6 is 15.9 Å². The molecule has 0 fully saturated rings. The second kappa shape index (κ2) is 8.62. The molecule has 0 aliphatic heterocycles. The van der Waals surface area contributed by atoms with Crippen LogP contribution in [0.25, 0.3) is 0 Å². The van der Waals surface area contributed by atoms with Gasteiger partial charge in [-0.3, -0.25) is 4.79 Å². The first-order valence-electron chi connectivity index (χ1n) is 7.57. The van der Waals surface area contributed by atoms with E-state index in [1.807, 2.05) is 6.92 Å². The van der Waals surface area contributed by atoms with E-state index in [1.54, 1.807) is 44.6 Å². The monoisotopic (exact) mass is 409 g/mol. The standard InChI is InChI=1S/C18H20BrNO5/c1-5-25-16-9-11(8-13(19)17(16)24-4)18(21)20-14-7-6-12(22-2)10-15(14)23-3/h6-10H,5H2,1-4H3,(H,20,21). The van der Waals surface area contributed by atoms with Gasteiger partial charge >= 0.3 is 0 Å². The summed E-state index contributed by atoms with van der Waals surface area (Å²) in [6.45, 7) is 2.32. The van der Waals surface area contributed by atoms with Crippen molar-refractivity contribution in [1.29, 1.82) is 0 Å². The van der Waals surface area contributed by atoms with Gasteiger partial charge in [-0.25, -0.2) is 0 Å². The van der Waals surface area contributed by atoms with Gasteiger partial charge in [-0.2, -0.15) is 0 Å². The van der Waals surface area contributed by atoms with E-state index < -0.39 is 0 Å². The minimum absolute atomic E-state index is 0.298. The first-order valence-corrected chi connectivity index (χ1v) is 8.37. The average Bonchev–Trinajstić information content (AvgIpc) is 2.62. The van der Waals surface area contributed by atoms with Gasteiger partial charge in [-0.15, -0.1) is 0 Å². The highest BCUT2D eigenvalue weighted by molar-refractivity contribution is 9.10. The van der Waals surface area contributed by atoms with Crippen molar-refractivity contribution in [3.8, 4) is 23.0 Å². The van der Waals surface area contributed by atoms with E-state index >= 15 is 0 Å². The first kappa shape index (κ1) is 18.9. The van der Waals surface area contributed by atoms with E-state index in [0.29, 0.717) is 45.3 Å². The Balaban J connectivity index is 2.32. The minimum atomic E-state index is -0.298. The van der Waals surface area contributed by atoms with E-state index in [-0.39, 0.29) is 5.91 Å². The fraction of sp³-hybridized carbons (Fsp3) is 0.278. The number of hydrogen-bond donors (Lipinski definition) is 1. The van der Waals surface area contributed by atoms with Crippen LogP contribution in [0.5, 0.6) is 23.0 Å². The lowest BCUT2D eigenvalue weighted by Crippen LogP contribution is -2.13. The number of amides is 1. The summed E-state index contributed by atoms with van der Waals surface area (Å²) in [5.74, 6) is 1.88. The average molecular weight is 410 g/mol. The van der Waals surface area contributed by atoms with Crippen molar-refractivity contribution in [1.82, 2.24) is 0 Å². The van der Waals surface area contributed by atoms with Crippen molar-refractivity contribution in [2.45, 2.75) is 6.92 Å². The second-order valence-electron chi connectivity index (χ2n) is 4.94. The molecule has 25 heavy (non-hydrogen) atoms. The van der Waals surface area contributed by atoms with Crippen LogP contribution in [-0.2, 0) is 0 Å². The van der Waals surface area contributed by atoms with Crippen molar-refractivity contribution >= 4 is 27.5 Å². The molecule has 2 aromatic carbocycles. The summed E-state index contributed by atoms with van der Waals surface area (Å²) >= 11 is 3.40. The van der Waals surface area contributed by atoms with Crippen molar-refractivity contribution in [2.24, 2.45) is 0 Å². The van der Waals surface area contributed by atoms with Gasteiger partial charge in [-0.1, -0.05) is 0 Å². The molecule has 0 aliphatic carbocycles.